The molecule has 0 atom stereocenters. The average molecular weight is 258 g/mol. The normalized spacial score (nSPS) is 10.0. The third-order valence-corrected chi connectivity index (χ3v) is 2.67. The molecule has 0 aliphatic carbocycles. The third kappa shape index (κ3) is 2.80. The molecule has 19 heavy (non-hydrogen) atoms. The van der Waals surface area contributed by atoms with E-state index < -0.39 is 4.92 Å². The van der Waals surface area contributed by atoms with E-state index in [1.165, 1.54) is 0 Å². The van der Waals surface area contributed by atoms with E-state index in [4.69, 9.17) is 5.84 Å². The van der Waals surface area contributed by atoms with Crippen LogP contribution in [0.3, 0.4) is 0 Å². The minimum Gasteiger partial charge on any atom is -0.350 e. The Morgan fingerprint density at radius 2 is 1.84 bits per heavy atom. The Labute approximate surface area is 110 Å². The van der Waals surface area contributed by atoms with E-state index >= 15 is 0 Å². The molecule has 0 heterocycles. The summed E-state index contributed by atoms with van der Waals surface area (Å²) in [4.78, 5) is 10.7. The molecule has 4 N–H and O–H groups in total. The molecule has 0 saturated heterocycles. The summed E-state index contributed by atoms with van der Waals surface area (Å²) in [5.41, 5.74) is 4.78. The standard InChI is InChI=1S/C13H14N4O2/c1-9-4-2-5-10(8-9)15-11-6-3-7-12(16-14)13(11)17(18)19/h2-8,15-16H,14H2,1H3. The molecule has 0 fully saturated rings. The van der Waals surface area contributed by atoms with E-state index in [1.807, 2.05) is 31.2 Å². The smallest absolute Gasteiger partial charge is 0.316 e. The maximum atomic E-state index is 11.1. The number of nitrogens with zero attached hydrogens (tertiary/aromatic N) is 1. The van der Waals surface area contributed by atoms with Gasteiger partial charge in [-0.25, -0.2) is 0 Å². The van der Waals surface area contributed by atoms with Crippen LogP contribution in [0.15, 0.2) is 42.5 Å². The average Bonchev–Trinajstić information content (AvgIpc) is 2.38. The number of hydrogen-bond donors (Lipinski definition) is 3. The zero-order chi connectivity index (χ0) is 13.8. The van der Waals surface area contributed by atoms with Gasteiger partial charge in [-0.3, -0.25) is 16.0 Å². The lowest BCUT2D eigenvalue weighted by atomic mass is 10.2. The number of nitro benzene ring substituents is 1. The molecule has 6 nitrogen and oxygen atoms in total. The Hall–Kier alpha value is -2.60. The lowest BCUT2D eigenvalue weighted by Crippen LogP contribution is -2.10. The highest BCUT2D eigenvalue weighted by Crippen LogP contribution is 2.34. The van der Waals surface area contributed by atoms with Crippen molar-refractivity contribution in [2.45, 2.75) is 6.92 Å². The molecule has 0 aromatic heterocycles. The van der Waals surface area contributed by atoms with E-state index in [0.717, 1.165) is 11.3 Å². The second-order valence-corrected chi connectivity index (χ2v) is 4.10. The van der Waals surface area contributed by atoms with Crippen molar-refractivity contribution in [3.05, 3.63) is 58.1 Å². The lowest BCUT2D eigenvalue weighted by Gasteiger charge is -2.10. The van der Waals surface area contributed by atoms with Crippen LogP contribution in [0.4, 0.5) is 22.7 Å². The Balaban J connectivity index is 2.42. The van der Waals surface area contributed by atoms with Gasteiger partial charge in [0.05, 0.1) is 4.92 Å². The molecule has 2 aromatic rings. The number of hydrazine groups is 1. The van der Waals surface area contributed by atoms with Gasteiger partial charge in [-0.05, 0) is 36.8 Å². The Bertz CT molecular complexity index is 613. The van der Waals surface area contributed by atoms with Crippen molar-refractivity contribution in [3.63, 3.8) is 0 Å². The number of rotatable bonds is 4. The van der Waals surface area contributed by atoms with Crippen LogP contribution < -0.4 is 16.6 Å². The van der Waals surface area contributed by atoms with Crippen LogP contribution >= 0.6 is 0 Å². The summed E-state index contributed by atoms with van der Waals surface area (Å²) < 4.78 is 0. The van der Waals surface area contributed by atoms with Crippen LogP contribution in [0.2, 0.25) is 0 Å². The lowest BCUT2D eigenvalue weighted by molar-refractivity contribution is -0.383. The quantitative estimate of drug-likeness (QED) is 0.445. The number of nitro groups is 1. The van der Waals surface area contributed by atoms with Crippen molar-refractivity contribution in [1.82, 2.24) is 0 Å². The van der Waals surface area contributed by atoms with Gasteiger partial charge in [0, 0.05) is 5.69 Å². The predicted molar refractivity (Wildman–Crippen MR) is 75.4 cm³/mol. The summed E-state index contributed by atoms with van der Waals surface area (Å²) in [5, 5.41) is 14.2. The van der Waals surface area contributed by atoms with Gasteiger partial charge in [0.25, 0.3) is 0 Å². The molecule has 0 spiro atoms. The summed E-state index contributed by atoms with van der Waals surface area (Å²) in [7, 11) is 0. The molecule has 0 radical (unpaired) electrons. The van der Waals surface area contributed by atoms with Crippen LogP contribution in [0.1, 0.15) is 5.56 Å². The van der Waals surface area contributed by atoms with Crippen LogP contribution in [-0.4, -0.2) is 4.92 Å². The number of nitrogens with two attached hydrogens (primary N) is 1. The van der Waals surface area contributed by atoms with Crippen molar-refractivity contribution in [2.75, 3.05) is 10.7 Å². The zero-order valence-corrected chi connectivity index (χ0v) is 10.4. The Morgan fingerprint density at radius 3 is 2.47 bits per heavy atom. The van der Waals surface area contributed by atoms with Gasteiger partial charge in [0.2, 0.25) is 0 Å². The van der Waals surface area contributed by atoms with Crippen molar-refractivity contribution in [1.29, 1.82) is 0 Å². The first-order chi connectivity index (χ1) is 9.11. The number of benzene rings is 2. The fourth-order valence-corrected chi connectivity index (χ4v) is 1.84. The highest BCUT2D eigenvalue weighted by Gasteiger charge is 2.19. The van der Waals surface area contributed by atoms with Gasteiger partial charge in [-0.2, -0.15) is 0 Å². The van der Waals surface area contributed by atoms with Gasteiger partial charge < -0.3 is 10.7 Å². The molecule has 0 bridgehead atoms. The second-order valence-electron chi connectivity index (χ2n) is 4.10. The Kier molecular flexibility index (Phi) is 3.63. The Morgan fingerprint density at radius 1 is 1.16 bits per heavy atom. The van der Waals surface area contributed by atoms with Crippen molar-refractivity contribution < 1.29 is 4.92 Å². The topological polar surface area (TPSA) is 93.2 Å². The maximum Gasteiger partial charge on any atom is 0.316 e. The van der Waals surface area contributed by atoms with Crippen LogP contribution in [0.25, 0.3) is 0 Å². The third-order valence-electron chi connectivity index (χ3n) is 2.67. The largest absolute Gasteiger partial charge is 0.350 e. The molecular formula is C13H14N4O2. The summed E-state index contributed by atoms with van der Waals surface area (Å²) in [6.07, 6.45) is 0. The van der Waals surface area contributed by atoms with Crippen molar-refractivity contribution >= 4 is 22.7 Å². The van der Waals surface area contributed by atoms with Crippen LogP contribution in [0, 0.1) is 17.0 Å². The van der Waals surface area contributed by atoms with E-state index in [9.17, 15) is 10.1 Å². The molecule has 2 aromatic carbocycles. The van der Waals surface area contributed by atoms with E-state index in [-0.39, 0.29) is 11.4 Å². The van der Waals surface area contributed by atoms with Gasteiger partial charge >= 0.3 is 5.69 Å². The minimum absolute atomic E-state index is 0.0773. The number of anilines is 3. The molecular weight excluding hydrogens is 244 g/mol. The van der Waals surface area contributed by atoms with Gasteiger partial charge in [-0.15, -0.1) is 0 Å². The van der Waals surface area contributed by atoms with Crippen LogP contribution in [-0.2, 0) is 0 Å². The van der Waals surface area contributed by atoms with Crippen LogP contribution in [0.5, 0.6) is 0 Å². The number of nitrogens with one attached hydrogen (secondary N) is 2. The second kappa shape index (κ2) is 5.36. The van der Waals surface area contributed by atoms with Gasteiger partial charge in [-0.1, -0.05) is 18.2 Å². The fourth-order valence-electron chi connectivity index (χ4n) is 1.84. The molecule has 0 saturated carbocycles. The SMILES string of the molecule is Cc1cccc(Nc2cccc(NN)c2[N+](=O)[O-])c1. The summed E-state index contributed by atoms with van der Waals surface area (Å²) >= 11 is 0. The van der Waals surface area contributed by atoms with Crippen molar-refractivity contribution in [3.8, 4) is 0 Å². The minimum atomic E-state index is -0.465. The van der Waals surface area contributed by atoms with Gasteiger partial charge in [0.1, 0.15) is 11.4 Å². The number of para-hydroxylation sites is 1. The van der Waals surface area contributed by atoms with Gasteiger partial charge in [0.15, 0.2) is 0 Å². The molecule has 98 valence electrons. The van der Waals surface area contributed by atoms with E-state index in [1.54, 1.807) is 18.2 Å². The maximum absolute atomic E-state index is 11.1. The molecule has 0 aliphatic rings. The zero-order valence-electron chi connectivity index (χ0n) is 10.4. The molecule has 6 heteroatoms. The summed E-state index contributed by atoms with van der Waals surface area (Å²) in [6, 6.07) is 12.5. The van der Waals surface area contributed by atoms with E-state index in [0.29, 0.717) is 5.69 Å². The number of aryl methyl sites for hydroxylation is 1. The monoisotopic (exact) mass is 258 g/mol. The molecule has 0 aliphatic heterocycles. The van der Waals surface area contributed by atoms with E-state index in [2.05, 4.69) is 10.7 Å². The summed E-state index contributed by atoms with van der Waals surface area (Å²) in [6.45, 7) is 1.96. The first kappa shape index (κ1) is 12.8. The molecule has 2 rings (SSSR count). The first-order valence-electron chi connectivity index (χ1n) is 5.69. The highest BCUT2D eigenvalue weighted by atomic mass is 16.6. The highest BCUT2D eigenvalue weighted by molar-refractivity contribution is 5.79. The summed E-state index contributed by atoms with van der Waals surface area (Å²) in [5.74, 6) is 5.29. The number of nitrogen functional groups attached to an aromatic ring is 1. The first-order valence-corrected chi connectivity index (χ1v) is 5.69. The number of hydrogen-bond acceptors (Lipinski definition) is 5. The predicted octanol–water partition coefficient (Wildman–Crippen LogP) is 2.93. The molecule has 0 unspecified atom stereocenters. The molecule has 0 amide bonds. The fraction of sp³-hybridized carbons (Fsp3) is 0.0769. The van der Waals surface area contributed by atoms with Crippen molar-refractivity contribution in [2.24, 2.45) is 5.84 Å².